The van der Waals surface area contributed by atoms with E-state index in [0.717, 1.165) is 76.4 Å². The number of piperidine rings is 2. The molecule has 0 saturated carbocycles. The summed E-state index contributed by atoms with van der Waals surface area (Å²) in [5.41, 5.74) is 7.50. The molecule has 2 saturated heterocycles. The van der Waals surface area contributed by atoms with Crippen LogP contribution in [0.5, 0.6) is 0 Å². The molecule has 8 nitrogen and oxygen atoms in total. The standard InChI is InChI=1S/C22H40N6O2/c1-3-13-27-15-9-19(10-16-27)23-25-21(29)7-5-6-8-22(30)26-24-20-11-17-28(14-4-2)18-12-20/h3-18H2,1-2H3,(H,25,29)(H,26,30). The maximum absolute atomic E-state index is 11.9. The molecule has 0 bridgehead atoms. The Hall–Kier alpha value is -1.80. The van der Waals surface area contributed by atoms with Gasteiger partial charge in [0.25, 0.3) is 0 Å². The van der Waals surface area contributed by atoms with Gasteiger partial charge in [-0.1, -0.05) is 13.8 Å². The summed E-state index contributed by atoms with van der Waals surface area (Å²) in [4.78, 5) is 28.8. The van der Waals surface area contributed by atoms with Crippen LogP contribution in [0.4, 0.5) is 0 Å². The lowest BCUT2D eigenvalue weighted by Crippen LogP contribution is -2.35. The fourth-order valence-corrected chi connectivity index (χ4v) is 3.89. The first-order chi connectivity index (χ1) is 14.6. The summed E-state index contributed by atoms with van der Waals surface area (Å²) in [5.74, 6) is -0.143. The van der Waals surface area contributed by atoms with Gasteiger partial charge in [0.1, 0.15) is 0 Å². The third kappa shape index (κ3) is 9.80. The molecule has 0 spiro atoms. The topological polar surface area (TPSA) is 89.4 Å². The monoisotopic (exact) mass is 420 g/mol. The summed E-state index contributed by atoms with van der Waals surface area (Å²) >= 11 is 0. The molecule has 0 atom stereocenters. The molecule has 0 aromatic heterocycles. The lowest BCUT2D eigenvalue weighted by atomic mass is 10.1. The molecule has 2 fully saturated rings. The molecule has 2 amide bonds. The molecular formula is C22H40N6O2. The van der Waals surface area contributed by atoms with Crippen LogP contribution in [0, 0.1) is 0 Å². The Morgan fingerprint density at radius 3 is 1.43 bits per heavy atom. The number of hydrogen-bond acceptors (Lipinski definition) is 6. The molecule has 2 rings (SSSR count). The zero-order chi connectivity index (χ0) is 21.6. The molecule has 0 unspecified atom stereocenters. The predicted molar refractivity (Wildman–Crippen MR) is 122 cm³/mol. The van der Waals surface area contributed by atoms with Gasteiger partial charge >= 0.3 is 0 Å². The minimum Gasteiger partial charge on any atom is -0.303 e. The Balaban J connectivity index is 1.51. The Morgan fingerprint density at radius 1 is 0.733 bits per heavy atom. The summed E-state index contributed by atoms with van der Waals surface area (Å²) < 4.78 is 0. The molecule has 170 valence electrons. The van der Waals surface area contributed by atoms with Gasteiger partial charge in [-0.15, -0.1) is 0 Å². The number of unbranched alkanes of at least 4 members (excludes halogenated alkanes) is 1. The van der Waals surface area contributed by atoms with E-state index < -0.39 is 0 Å². The van der Waals surface area contributed by atoms with Gasteiger partial charge in [0.05, 0.1) is 0 Å². The first kappa shape index (κ1) is 24.5. The summed E-state index contributed by atoms with van der Waals surface area (Å²) in [6.07, 6.45) is 8.22. The SMILES string of the molecule is CCCN1CCC(=NNC(=O)CCCCC(=O)NN=C2CCN(CCC)CC2)CC1. The molecular weight excluding hydrogens is 380 g/mol. The number of carbonyl (C=O) groups excluding carboxylic acids is 2. The van der Waals surface area contributed by atoms with Gasteiger partial charge in [0.15, 0.2) is 0 Å². The van der Waals surface area contributed by atoms with Crippen molar-refractivity contribution in [2.75, 3.05) is 39.3 Å². The molecule has 2 heterocycles. The molecule has 0 radical (unpaired) electrons. The van der Waals surface area contributed by atoms with Crippen LogP contribution in [0.1, 0.15) is 78.1 Å². The summed E-state index contributed by atoms with van der Waals surface area (Å²) in [5, 5.41) is 8.56. The fraction of sp³-hybridized carbons (Fsp3) is 0.818. The molecule has 0 aromatic rings. The Labute approximate surface area is 181 Å². The van der Waals surface area contributed by atoms with E-state index in [4.69, 9.17) is 0 Å². The van der Waals surface area contributed by atoms with Gasteiger partial charge in [-0.05, 0) is 38.8 Å². The van der Waals surface area contributed by atoms with E-state index in [1.807, 2.05) is 0 Å². The van der Waals surface area contributed by atoms with Crippen LogP contribution in [0.3, 0.4) is 0 Å². The molecule has 2 aliphatic heterocycles. The maximum atomic E-state index is 11.9. The zero-order valence-electron chi connectivity index (χ0n) is 18.9. The first-order valence-corrected chi connectivity index (χ1v) is 11.7. The van der Waals surface area contributed by atoms with Crippen LogP contribution < -0.4 is 10.9 Å². The first-order valence-electron chi connectivity index (χ1n) is 11.7. The number of hydrogen-bond donors (Lipinski definition) is 2. The van der Waals surface area contributed by atoms with Crippen molar-refractivity contribution in [2.45, 2.75) is 78.1 Å². The molecule has 0 aliphatic carbocycles. The number of amides is 2. The number of carbonyl (C=O) groups is 2. The third-order valence-corrected chi connectivity index (χ3v) is 5.68. The van der Waals surface area contributed by atoms with Crippen LogP contribution in [-0.2, 0) is 9.59 Å². The van der Waals surface area contributed by atoms with Crippen molar-refractivity contribution in [1.29, 1.82) is 0 Å². The van der Waals surface area contributed by atoms with Gasteiger partial charge in [-0.3, -0.25) is 9.59 Å². The van der Waals surface area contributed by atoms with Gasteiger partial charge in [-0.25, -0.2) is 10.9 Å². The second-order valence-corrected chi connectivity index (χ2v) is 8.32. The minimum atomic E-state index is -0.0713. The maximum Gasteiger partial charge on any atom is 0.240 e. The Bertz CT molecular complexity index is 532. The van der Waals surface area contributed by atoms with E-state index in [1.165, 1.54) is 12.8 Å². The Kier molecular flexibility index (Phi) is 11.6. The Morgan fingerprint density at radius 2 is 1.10 bits per heavy atom. The average molecular weight is 421 g/mol. The van der Waals surface area contributed by atoms with Crippen molar-refractivity contribution in [3.8, 4) is 0 Å². The quantitative estimate of drug-likeness (QED) is 0.397. The smallest absolute Gasteiger partial charge is 0.240 e. The van der Waals surface area contributed by atoms with E-state index in [2.05, 4.69) is 44.7 Å². The molecule has 8 heteroatoms. The number of rotatable bonds is 11. The van der Waals surface area contributed by atoms with E-state index >= 15 is 0 Å². The van der Waals surface area contributed by atoms with Gasteiger partial charge in [0, 0.05) is 76.1 Å². The van der Waals surface area contributed by atoms with Crippen LogP contribution >= 0.6 is 0 Å². The van der Waals surface area contributed by atoms with Crippen molar-refractivity contribution >= 4 is 23.2 Å². The fourth-order valence-electron chi connectivity index (χ4n) is 3.89. The zero-order valence-corrected chi connectivity index (χ0v) is 18.9. The highest BCUT2D eigenvalue weighted by Gasteiger charge is 2.15. The van der Waals surface area contributed by atoms with E-state index in [9.17, 15) is 9.59 Å². The second kappa shape index (κ2) is 14.2. The number of likely N-dealkylation sites (tertiary alicyclic amines) is 2. The van der Waals surface area contributed by atoms with Crippen molar-refractivity contribution in [3.63, 3.8) is 0 Å². The lowest BCUT2D eigenvalue weighted by molar-refractivity contribution is -0.123. The van der Waals surface area contributed by atoms with E-state index in [1.54, 1.807) is 0 Å². The largest absolute Gasteiger partial charge is 0.303 e. The highest BCUT2D eigenvalue weighted by Crippen LogP contribution is 2.09. The highest BCUT2D eigenvalue weighted by molar-refractivity contribution is 5.87. The summed E-state index contributed by atoms with van der Waals surface area (Å²) in [6.45, 7) is 10.8. The summed E-state index contributed by atoms with van der Waals surface area (Å²) in [7, 11) is 0. The normalized spacial score (nSPS) is 18.2. The third-order valence-electron chi connectivity index (χ3n) is 5.68. The molecule has 2 aliphatic rings. The highest BCUT2D eigenvalue weighted by atomic mass is 16.2. The van der Waals surface area contributed by atoms with E-state index in [-0.39, 0.29) is 11.8 Å². The van der Waals surface area contributed by atoms with Crippen LogP contribution in [-0.4, -0.2) is 72.3 Å². The second-order valence-electron chi connectivity index (χ2n) is 8.32. The van der Waals surface area contributed by atoms with Crippen molar-refractivity contribution in [2.24, 2.45) is 10.2 Å². The van der Waals surface area contributed by atoms with Crippen LogP contribution in [0.2, 0.25) is 0 Å². The molecule has 30 heavy (non-hydrogen) atoms. The van der Waals surface area contributed by atoms with Gasteiger partial charge < -0.3 is 9.80 Å². The van der Waals surface area contributed by atoms with Gasteiger partial charge in [-0.2, -0.15) is 10.2 Å². The number of nitrogens with one attached hydrogen (secondary N) is 2. The molecule has 0 aromatic carbocycles. The summed E-state index contributed by atoms with van der Waals surface area (Å²) in [6, 6.07) is 0. The lowest BCUT2D eigenvalue weighted by Gasteiger charge is -2.26. The number of hydrazone groups is 2. The van der Waals surface area contributed by atoms with Crippen molar-refractivity contribution in [3.05, 3.63) is 0 Å². The van der Waals surface area contributed by atoms with Gasteiger partial charge in [0.2, 0.25) is 11.8 Å². The van der Waals surface area contributed by atoms with Crippen LogP contribution in [0.15, 0.2) is 10.2 Å². The van der Waals surface area contributed by atoms with E-state index in [0.29, 0.717) is 25.7 Å². The van der Waals surface area contributed by atoms with Crippen molar-refractivity contribution in [1.82, 2.24) is 20.7 Å². The predicted octanol–water partition coefficient (Wildman–Crippen LogP) is 2.50. The number of nitrogens with zero attached hydrogens (tertiary/aromatic N) is 4. The minimum absolute atomic E-state index is 0.0713. The van der Waals surface area contributed by atoms with Crippen molar-refractivity contribution < 1.29 is 9.59 Å². The molecule has 2 N–H and O–H groups in total. The average Bonchev–Trinajstić information content (AvgIpc) is 2.76. The van der Waals surface area contributed by atoms with Crippen LogP contribution in [0.25, 0.3) is 0 Å².